The van der Waals surface area contributed by atoms with Gasteiger partial charge in [0.2, 0.25) is 0 Å². The zero-order chi connectivity index (χ0) is 13.7. The first-order valence-electron chi connectivity index (χ1n) is 6.84. The highest BCUT2D eigenvalue weighted by atomic mass is 35.5. The second-order valence-corrected chi connectivity index (χ2v) is 5.56. The summed E-state index contributed by atoms with van der Waals surface area (Å²) in [6.45, 7) is 6.91. The number of rotatable bonds is 6. The van der Waals surface area contributed by atoms with Crippen LogP contribution in [-0.2, 0) is 0 Å². The summed E-state index contributed by atoms with van der Waals surface area (Å²) in [7, 11) is 1.66. The molecular weight excluding hydrogens is 276 g/mol. The van der Waals surface area contributed by atoms with E-state index in [-0.39, 0.29) is 12.4 Å². The molecule has 20 heavy (non-hydrogen) atoms. The van der Waals surface area contributed by atoms with E-state index in [0.29, 0.717) is 12.0 Å². The van der Waals surface area contributed by atoms with Crippen molar-refractivity contribution in [3.63, 3.8) is 0 Å². The third-order valence-corrected chi connectivity index (χ3v) is 3.87. The molecule has 0 radical (unpaired) electrons. The third-order valence-electron chi connectivity index (χ3n) is 3.87. The first-order valence-corrected chi connectivity index (χ1v) is 6.84. The Morgan fingerprint density at radius 2 is 1.90 bits per heavy atom. The predicted molar refractivity (Wildman–Crippen MR) is 84.0 cm³/mol. The van der Waals surface area contributed by atoms with Crippen molar-refractivity contribution in [2.24, 2.45) is 11.1 Å². The van der Waals surface area contributed by atoms with E-state index < -0.39 is 0 Å². The highest BCUT2D eigenvalue weighted by Crippen LogP contribution is 2.28. The van der Waals surface area contributed by atoms with Crippen molar-refractivity contribution < 1.29 is 9.47 Å². The van der Waals surface area contributed by atoms with Crippen LogP contribution in [0.15, 0.2) is 24.3 Å². The molecule has 2 N–H and O–H groups in total. The number of hydrogen-bond acceptors (Lipinski definition) is 4. The highest BCUT2D eigenvalue weighted by Gasteiger charge is 2.31. The van der Waals surface area contributed by atoms with Crippen LogP contribution in [0.4, 0.5) is 0 Å². The molecule has 1 aliphatic heterocycles. The lowest BCUT2D eigenvalue weighted by molar-refractivity contribution is 0.219. The van der Waals surface area contributed by atoms with Crippen LogP contribution in [-0.4, -0.2) is 44.8 Å². The molecule has 1 fully saturated rings. The quantitative estimate of drug-likeness (QED) is 0.875. The van der Waals surface area contributed by atoms with Crippen molar-refractivity contribution in [3.8, 4) is 11.5 Å². The van der Waals surface area contributed by atoms with Gasteiger partial charge in [0.05, 0.1) is 7.11 Å². The molecule has 1 saturated heterocycles. The summed E-state index contributed by atoms with van der Waals surface area (Å²) < 4.78 is 10.9. The van der Waals surface area contributed by atoms with Gasteiger partial charge >= 0.3 is 0 Å². The Bertz CT molecular complexity index is 399. The Kier molecular flexibility index (Phi) is 6.59. The minimum Gasteiger partial charge on any atom is -0.497 e. The van der Waals surface area contributed by atoms with Crippen LogP contribution in [0, 0.1) is 5.41 Å². The Hall–Kier alpha value is -0.970. The number of nitrogens with two attached hydrogens (primary N) is 1. The maximum atomic E-state index is 5.81. The van der Waals surface area contributed by atoms with Crippen LogP contribution < -0.4 is 15.2 Å². The van der Waals surface area contributed by atoms with Gasteiger partial charge in [0.25, 0.3) is 0 Å². The van der Waals surface area contributed by atoms with E-state index >= 15 is 0 Å². The topological polar surface area (TPSA) is 47.7 Å². The molecule has 1 aromatic rings. The summed E-state index contributed by atoms with van der Waals surface area (Å²) in [5.74, 6) is 1.74. The van der Waals surface area contributed by atoms with E-state index in [2.05, 4.69) is 11.8 Å². The zero-order valence-corrected chi connectivity index (χ0v) is 13.1. The van der Waals surface area contributed by atoms with Gasteiger partial charge in [-0.15, -0.1) is 12.4 Å². The molecular formula is C15H25ClN2O2. The van der Waals surface area contributed by atoms with E-state index in [1.165, 1.54) is 6.42 Å². The van der Waals surface area contributed by atoms with Gasteiger partial charge < -0.3 is 15.2 Å². The predicted octanol–water partition coefficient (Wildman–Crippen LogP) is 2.17. The van der Waals surface area contributed by atoms with Gasteiger partial charge in [-0.1, -0.05) is 6.92 Å². The standard InChI is InChI=1S/C15H24N2O2.ClH/c1-15(11-16)7-8-17(12-15)9-10-19-14-5-3-13(18-2)4-6-14;/h3-6H,7-12,16H2,1-2H3;1H. The third kappa shape index (κ3) is 4.54. The monoisotopic (exact) mass is 300 g/mol. The normalized spacial score (nSPS) is 22.4. The van der Waals surface area contributed by atoms with Gasteiger partial charge in [0.1, 0.15) is 18.1 Å². The fourth-order valence-electron chi connectivity index (χ4n) is 2.45. The average Bonchev–Trinajstić information content (AvgIpc) is 2.82. The summed E-state index contributed by atoms with van der Waals surface area (Å²) in [5.41, 5.74) is 6.10. The molecule has 5 heteroatoms. The number of likely N-dealkylation sites (tertiary alicyclic amines) is 1. The Labute approximate surface area is 127 Å². The van der Waals surface area contributed by atoms with Crippen LogP contribution in [0.5, 0.6) is 11.5 Å². The van der Waals surface area contributed by atoms with Crippen molar-refractivity contribution in [1.82, 2.24) is 4.90 Å². The van der Waals surface area contributed by atoms with Gasteiger partial charge in [-0.25, -0.2) is 0 Å². The molecule has 114 valence electrons. The van der Waals surface area contributed by atoms with Crippen LogP contribution >= 0.6 is 12.4 Å². The number of nitrogens with zero attached hydrogens (tertiary/aromatic N) is 1. The molecule has 1 unspecified atom stereocenters. The largest absolute Gasteiger partial charge is 0.497 e. The summed E-state index contributed by atoms with van der Waals surface area (Å²) in [5, 5.41) is 0. The summed E-state index contributed by atoms with van der Waals surface area (Å²) in [6, 6.07) is 7.70. The maximum absolute atomic E-state index is 5.81. The minimum atomic E-state index is 0. The molecule has 2 rings (SSSR count). The average molecular weight is 301 g/mol. The zero-order valence-electron chi connectivity index (χ0n) is 12.3. The van der Waals surface area contributed by atoms with E-state index in [1.54, 1.807) is 7.11 Å². The molecule has 0 spiro atoms. The van der Waals surface area contributed by atoms with Crippen LogP contribution in [0.2, 0.25) is 0 Å². The molecule has 0 bridgehead atoms. The Morgan fingerprint density at radius 3 is 2.45 bits per heavy atom. The lowest BCUT2D eigenvalue weighted by atomic mass is 9.90. The summed E-state index contributed by atoms with van der Waals surface area (Å²) in [6.07, 6.45) is 1.19. The van der Waals surface area contributed by atoms with Gasteiger partial charge in [0.15, 0.2) is 0 Å². The van der Waals surface area contributed by atoms with Crippen molar-refractivity contribution in [3.05, 3.63) is 24.3 Å². The first kappa shape index (κ1) is 17.1. The van der Waals surface area contributed by atoms with Crippen LogP contribution in [0.1, 0.15) is 13.3 Å². The summed E-state index contributed by atoms with van der Waals surface area (Å²) >= 11 is 0. The fourth-order valence-corrected chi connectivity index (χ4v) is 2.45. The second-order valence-electron chi connectivity index (χ2n) is 5.56. The van der Waals surface area contributed by atoms with E-state index in [0.717, 1.165) is 37.7 Å². The van der Waals surface area contributed by atoms with Gasteiger partial charge in [-0.2, -0.15) is 0 Å². The van der Waals surface area contributed by atoms with E-state index in [1.807, 2.05) is 24.3 Å². The number of halogens is 1. The Balaban J connectivity index is 0.00000200. The molecule has 4 nitrogen and oxygen atoms in total. The second kappa shape index (κ2) is 7.72. The first-order chi connectivity index (χ1) is 9.15. The molecule has 1 aliphatic rings. The lowest BCUT2D eigenvalue weighted by Crippen LogP contribution is -2.33. The molecule has 0 aliphatic carbocycles. The van der Waals surface area contributed by atoms with Crippen molar-refractivity contribution in [1.29, 1.82) is 0 Å². The minimum absolute atomic E-state index is 0. The number of methoxy groups -OCH3 is 1. The number of benzene rings is 1. The van der Waals surface area contributed by atoms with Gasteiger partial charge in [-0.3, -0.25) is 4.90 Å². The molecule has 0 amide bonds. The van der Waals surface area contributed by atoms with E-state index in [9.17, 15) is 0 Å². The SMILES string of the molecule is COc1ccc(OCCN2CCC(C)(CN)C2)cc1.Cl. The van der Waals surface area contributed by atoms with Gasteiger partial charge in [0, 0.05) is 13.1 Å². The number of hydrogen-bond donors (Lipinski definition) is 1. The molecule has 0 saturated carbocycles. The fraction of sp³-hybridized carbons (Fsp3) is 0.600. The highest BCUT2D eigenvalue weighted by molar-refractivity contribution is 5.85. The lowest BCUT2D eigenvalue weighted by Gasteiger charge is -2.22. The van der Waals surface area contributed by atoms with Crippen molar-refractivity contribution in [2.45, 2.75) is 13.3 Å². The van der Waals surface area contributed by atoms with E-state index in [4.69, 9.17) is 15.2 Å². The molecule has 1 atom stereocenters. The van der Waals surface area contributed by atoms with Crippen LogP contribution in [0.25, 0.3) is 0 Å². The van der Waals surface area contributed by atoms with Gasteiger partial charge in [-0.05, 0) is 49.2 Å². The smallest absolute Gasteiger partial charge is 0.119 e. The molecule has 1 heterocycles. The van der Waals surface area contributed by atoms with Crippen molar-refractivity contribution >= 4 is 12.4 Å². The molecule has 0 aromatic heterocycles. The molecule has 1 aromatic carbocycles. The summed E-state index contributed by atoms with van der Waals surface area (Å²) in [4.78, 5) is 2.43. The van der Waals surface area contributed by atoms with Crippen LogP contribution in [0.3, 0.4) is 0 Å². The van der Waals surface area contributed by atoms with Crippen molar-refractivity contribution in [2.75, 3.05) is 39.9 Å². The Morgan fingerprint density at radius 1 is 1.25 bits per heavy atom. The number of ether oxygens (including phenoxy) is 2. The maximum Gasteiger partial charge on any atom is 0.119 e.